The molecule has 3 aliphatic heterocycles. The lowest BCUT2D eigenvalue weighted by atomic mass is 9.83. The van der Waals surface area contributed by atoms with E-state index in [1.165, 1.54) is 56.8 Å². The lowest BCUT2D eigenvalue weighted by molar-refractivity contribution is -0.193. The Bertz CT molecular complexity index is 1040. The Labute approximate surface area is 245 Å². The van der Waals surface area contributed by atoms with Crippen LogP contribution in [0.2, 0.25) is 0 Å². The quantitative estimate of drug-likeness (QED) is 0.401. The van der Waals surface area contributed by atoms with Gasteiger partial charge in [-0.05, 0) is 45.6 Å². The second-order valence-electron chi connectivity index (χ2n) is 10.1. The average Bonchev–Trinajstić information content (AvgIpc) is 3.29. The summed E-state index contributed by atoms with van der Waals surface area (Å²) in [7, 11) is 2.29. The molecule has 0 atom stereocenters. The Morgan fingerprint density at radius 3 is 1.64 bits per heavy atom. The van der Waals surface area contributed by atoms with E-state index in [2.05, 4.69) is 34.5 Å². The molecule has 0 saturated carbocycles. The molecule has 1 aromatic rings. The van der Waals surface area contributed by atoms with Crippen LogP contribution in [0.25, 0.3) is 0 Å². The minimum Gasteiger partial charge on any atom is -0.475 e. The van der Waals surface area contributed by atoms with Crippen LogP contribution in [-0.2, 0) is 31.2 Å². The van der Waals surface area contributed by atoms with Crippen LogP contribution in [0, 0.1) is 12.8 Å². The van der Waals surface area contributed by atoms with Crippen LogP contribution in [0.4, 0.5) is 39.5 Å². The number of ether oxygens (including phenoxy) is 1. The summed E-state index contributed by atoms with van der Waals surface area (Å²) >= 11 is 0. The minimum atomic E-state index is -5.08. The highest BCUT2D eigenvalue weighted by Crippen LogP contribution is 2.40. The number of likely N-dealkylation sites (N-methyl/N-ethyl adjacent to an activating group) is 1. The van der Waals surface area contributed by atoms with Crippen molar-refractivity contribution < 1.29 is 74.0 Å². The lowest BCUT2D eigenvalue weighted by Crippen LogP contribution is -2.56. The first kappa shape index (κ1) is 38.9. The summed E-state index contributed by atoms with van der Waals surface area (Å²) in [6, 6.07) is 0. The Kier molecular flexibility index (Phi) is 13.9. The van der Waals surface area contributed by atoms with Crippen LogP contribution in [0.1, 0.15) is 37.2 Å². The van der Waals surface area contributed by atoms with Gasteiger partial charge < -0.3 is 29.5 Å². The number of nitrogens with zero attached hydrogens (tertiary/aromatic N) is 4. The van der Waals surface area contributed by atoms with Gasteiger partial charge in [0.05, 0.1) is 5.54 Å². The van der Waals surface area contributed by atoms with Crippen molar-refractivity contribution in [1.29, 1.82) is 0 Å². The second-order valence-corrected chi connectivity index (χ2v) is 10.1. The van der Waals surface area contributed by atoms with Gasteiger partial charge in [0, 0.05) is 57.8 Å². The fourth-order valence-electron chi connectivity index (χ4n) is 4.75. The summed E-state index contributed by atoms with van der Waals surface area (Å²) in [6.45, 7) is 10.0. The molecule has 4 rings (SSSR count). The van der Waals surface area contributed by atoms with Gasteiger partial charge in [-0.1, -0.05) is 0 Å². The topological polar surface area (TPSA) is 145 Å². The maximum Gasteiger partial charge on any atom is 0.490 e. The van der Waals surface area contributed by atoms with E-state index in [-0.39, 0.29) is 5.54 Å². The lowest BCUT2D eigenvalue weighted by Gasteiger charge is -2.50. The van der Waals surface area contributed by atoms with Crippen molar-refractivity contribution in [3.8, 4) is 0 Å². The minimum absolute atomic E-state index is 0.165. The first-order valence-corrected chi connectivity index (χ1v) is 13.0. The summed E-state index contributed by atoms with van der Waals surface area (Å²) in [5, 5.41) is 21.4. The molecule has 0 aliphatic carbocycles. The van der Waals surface area contributed by atoms with Crippen LogP contribution >= 0.6 is 0 Å². The first-order chi connectivity index (χ1) is 20.0. The number of aryl methyl sites for hydroxylation is 1. The molecule has 4 heterocycles. The van der Waals surface area contributed by atoms with Crippen LogP contribution in [-0.4, -0.2) is 118 Å². The molecule has 11 nitrogen and oxygen atoms in total. The summed E-state index contributed by atoms with van der Waals surface area (Å²) in [5.74, 6) is -6.12. The molecule has 0 aromatic carbocycles. The SMILES string of the molecule is Cc1cnc2n1CCN(C)C21CCN(CC2CCOCC2)CC1.O=C(O)C(F)(F)F.O=C(O)C(F)(F)F.O=C(O)C(F)(F)F. The number of alkyl halides is 9. The number of aromatic nitrogens is 2. The molecule has 3 aliphatic rings. The number of piperidine rings is 1. The zero-order valence-corrected chi connectivity index (χ0v) is 23.6. The second kappa shape index (κ2) is 15.7. The van der Waals surface area contributed by atoms with E-state index in [4.69, 9.17) is 39.4 Å². The normalized spacial score (nSPS) is 19.2. The molecule has 0 unspecified atom stereocenters. The molecule has 2 fully saturated rings. The summed E-state index contributed by atoms with van der Waals surface area (Å²) in [6.07, 6.45) is -8.28. The molecule has 254 valence electrons. The third kappa shape index (κ3) is 11.8. The van der Waals surface area contributed by atoms with E-state index in [1.54, 1.807) is 0 Å². The number of imidazole rings is 1. The first-order valence-electron chi connectivity index (χ1n) is 13.0. The van der Waals surface area contributed by atoms with Crippen molar-refractivity contribution in [2.45, 2.75) is 63.2 Å². The Hall–Kier alpha value is -3.13. The number of rotatable bonds is 2. The van der Waals surface area contributed by atoms with Gasteiger partial charge in [-0.15, -0.1) is 0 Å². The summed E-state index contributed by atoms with van der Waals surface area (Å²) in [4.78, 5) is 36.8. The molecule has 20 heteroatoms. The molecular weight excluding hydrogens is 627 g/mol. The van der Waals surface area contributed by atoms with Gasteiger partial charge in [-0.2, -0.15) is 39.5 Å². The molecule has 0 radical (unpaired) electrons. The molecule has 3 N–H and O–H groups in total. The maximum absolute atomic E-state index is 10.6. The van der Waals surface area contributed by atoms with Crippen LogP contribution in [0.15, 0.2) is 6.20 Å². The van der Waals surface area contributed by atoms with E-state index >= 15 is 0 Å². The number of carbonyl (C=O) groups is 3. The summed E-state index contributed by atoms with van der Waals surface area (Å²) < 4.78 is 103. The Morgan fingerprint density at radius 2 is 1.25 bits per heavy atom. The largest absolute Gasteiger partial charge is 0.490 e. The van der Waals surface area contributed by atoms with Crippen molar-refractivity contribution in [1.82, 2.24) is 19.4 Å². The number of fused-ring (bicyclic) bond motifs is 2. The van der Waals surface area contributed by atoms with Crippen LogP contribution < -0.4 is 0 Å². The zero-order chi connectivity index (χ0) is 34.1. The van der Waals surface area contributed by atoms with Crippen LogP contribution in [0.5, 0.6) is 0 Å². The molecular formula is C24H33F9N4O7. The van der Waals surface area contributed by atoms with Gasteiger partial charge >= 0.3 is 36.4 Å². The fourth-order valence-corrected chi connectivity index (χ4v) is 4.75. The van der Waals surface area contributed by atoms with Gasteiger partial charge in [0.2, 0.25) is 0 Å². The number of carboxylic acids is 3. The van der Waals surface area contributed by atoms with Crippen molar-refractivity contribution in [2.24, 2.45) is 5.92 Å². The molecule has 2 saturated heterocycles. The van der Waals surface area contributed by atoms with E-state index in [0.717, 1.165) is 32.2 Å². The molecule has 0 bridgehead atoms. The Morgan fingerprint density at radius 1 is 0.841 bits per heavy atom. The number of likely N-dealkylation sites (tertiary alicyclic amines) is 1. The highest BCUT2D eigenvalue weighted by molar-refractivity contribution is 5.73. The average molecular weight is 661 g/mol. The summed E-state index contributed by atoms with van der Waals surface area (Å²) in [5.41, 5.74) is 1.48. The van der Waals surface area contributed by atoms with Crippen molar-refractivity contribution in [2.75, 3.05) is 46.4 Å². The van der Waals surface area contributed by atoms with Crippen LogP contribution in [0.3, 0.4) is 0 Å². The molecule has 44 heavy (non-hydrogen) atoms. The fraction of sp³-hybridized carbons (Fsp3) is 0.750. The zero-order valence-electron chi connectivity index (χ0n) is 23.6. The molecule has 0 amide bonds. The van der Waals surface area contributed by atoms with E-state index in [9.17, 15) is 39.5 Å². The van der Waals surface area contributed by atoms with Crippen molar-refractivity contribution in [3.63, 3.8) is 0 Å². The Balaban J connectivity index is 0.000000379. The molecule has 1 aromatic heterocycles. The van der Waals surface area contributed by atoms with Gasteiger partial charge in [-0.3, -0.25) is 4.90 Å². The maximum atomic E-state index is 10.6. The monoisotopic (exact) mass is 660 g/mol. The van der Waals surface area contributed by atoms with E-state index < -0.39 is 36.4 Å². The highest BCUT2D eigenvalue weighted by Gasteiger charge is 2.45. The highest BCUT2D eigenvalue weighted by atomic mass is 19.4. The van der Waals surface area contributed by atoms with Gasteiger partial charge in [0.15, 0.2) is 0 Å². The van der Waals surface area contributed by atoms with Crippen molar-refractivity contribution >= 4 is 17.9 Å². The van der Waals surface area contributed by atoms with Gasteiger partial charge in [-0.25, -0.2) is 19.4 Å². The predicted molar refractivity (Wildman–Crippen MR) is 132 cm³/mol. The number of carboxylic acid groups (broad SMARTS) is 3. The smallest absolute Gasteiger partial charge is 0.475 e. The van der Waals surface area contributed by atoms with Crippen molar-refractivity contribution in [3.05, 3.63) is 17.7 Å². The molecule has 1 spiro atoms. The van der Waals surface area contributed by atoms with Gasteiger partial charge in [0.25, 0.3) is 0 Å². The van der Waals surface area contributed by atoms with E-state index in [0.29, 0.717) is 0 Å². The van der Waals surface area contributed by atoms with Gasteiger partial charge in [0.1, 0.15) is 5.82 Å². The number of aliphatic carboxylic acids is 3. The predicted octanol–water partition coefficient (Wildman–Crippen LogP) is 3.75. The van der Waals surface area contributed by atoms with E-state index in [1.807, 2.05) is 0 Å². The number of hydrogen-bond donors (Lipinski definition) is 3. The number of hydrogen-bond acceptors (Lipinski definition) is 7. The third-order valence-corrected chi connectivity index (χ3v) is 7.13. The standard InChI is InChI=1S/C18H30N4O.3C2HF3O2/c1-15-13-19-17-18(20(2)9-10-22(15)17)5-7-21(8-6-18)14-16-3-11-23-12-4-16;3*3-2(4,5)1(6)7/h13,16H,3-12,14H2,1-2H3;3*(H,6,7). The number of halogens is 9. The third-order valence-electron chi connectivity index (χ3n) is 7.13.